The van der Waals surface area contributed by atoms with E-state index in [1.54, 1.807) is 24.3 Å². The number of nitro benzene ring substituents is 1. The molecule has 1 aromatic heterocycles. The average Bonchev–Trinajstić information content (AvgIpc) is 2.83. The topological polar surface area (TPSA) is 129 Å². The fraction of sp³-hybridized carbons (Fsp3) is 0.0870. The van der Waals surface area contributed by atoms with Gasteiger partial charge in [-0.1, -0.05) is 42.5 Å². The quantitative estimate of drug-likeness (QED) is 0.264. The number of nitrogens with one attached hydrogen (secondary N) is 1. The molecule has 0 saturated heterocycles. The Hall–Kier alpha value is -4.73. The molecule has 0 saturated carbocycles. The van der Waals surface area contributed by atoms with Gasteiger partial charge in [0.15, 0.2) is 5.75 Å². The molecule has 0 aliphatic rings. The number of benzene rings is 3. The van der Waals surface area contributed by atoms with Crippen molar-refractivity contribution in [1.82, 2.24) is 9.66 Å². The smallest absolute Gasteiger partial charge is 0.349 e. The van der Waals surface area contributed by atoms with Crippen molar-refractivity contribution in [2.75, 3.05) is 7.11 Å². The molecule has 0 radical (unpaired) electrons. The van der Waals surface area contributed by atoms with Gasteiger partial charge in [-0.3, -0.25) is 14.9 Å². The second kappa shape index (κ2) is 9.18. The van der Waals surface area contributed by atoms with E-state index in [0.717, 1.165) is 5.56 Å². The predicted molar refractivity (Wildman–Crippen MR) is 122 cm³/mol. The van der Waals surface area contributed by atoms with Gasteiger partial charge >= 0.3 is 11.4 Å². The number of hydrogen-bond acceptors (Lipinski definition) is 7. The van der Waals surface area contributed by atoms with Gasteiger partial charge in [0.2, 0.25) is 5.75 Å². The summed E-state index contributed by atoms with van der Waals surface area (Å²) in [6, 6.07) is 18.4. The molecule has 166 valence electrons. The second-order valence-electron chi connectivity index (χ2n) is 6.94. The minimum Gasteiger partial charge on any atom is -0.493 e. The van der Waals surface area contributed by atoms with E-state index < -0.39 is 16.2 Å². The Labute approximate surface area is 186 Å². The standard InChI is InChI=1S/C23H18N4O6/c1-32-20-12-16(11-19(27(30)31)21(20)33-14-15-7-3-2-4-8-15)13-24-26-22(28)17-9-5-6-10-18(17)25-23(26)29/h2-13H,14H2,1H3,(H,25,29). The van der Waals surface area contributed by atoms with Crippen LogP contribution in [0.3, 0.4) is 0 Å². The third-order valence-electron chi connectivity index (χ3n) is 4.81. The molecule has 4 rings (SSSR count). The third kappa shape index (κ3) is 4.49. The molecule has 1 N–H and O–H groups in total. The maximum Gasteiger partial charge on any atom is 0.349 e. The molecule has 0 amide bonds. The summed E-state index contributed by atoms with van der Waals surface area (Å²) in [5.74, 6) is 0.0746. The van der Waals surface area contributed by atoms with Gasteiger partial charge in [0.25, 0.3) is 5.56 Å². The van der Waals surface area contributed by atoms with E-state index in [2.05, 4.69) is 10.1 Å². The highest BCUT2D eigenvalue weighted by molar-refractivity contribution is 5.83. The molecule has 0 spiro atoms. The summed E-state index contributed by atoms with van der Waals surface area (Å²) in [4.78, 5) is 38.6. The van der Waals surface area contributed by atoms with Crippen LogP contribution in [0.5, 0.6) is 11.5 Å². The normalized spacial score (nSPS) is 11.1. The summed E-state index contributed by atoms with van der Waals surface area (Å²) >= 11 is 0. The Morgan fingerprint density at radius 3 is 2.55 bits per heavy atom. The van der Waals surface area contributed by atoms with Crippen molar-refractivity contribution >= 4 is 22.8 Å². The van der Waals surface area contributed by atoms with Crippen LogP contribution in [0.25, 0.3) is 10.9 Å². The van der Waals surface area contributed by atoms with Crippen molar-refractivity contribution in [2.45, 2.75) is 6.61 Å². The lowest BCUT2D eigenvalue weighted by molar-refractivity contribution is -0.386. The summed E-state index contributed by atoms with van der Waals surface area (Å²) in [5.41, 5.74) is -0.240. The highest BCUT2D eigenvalue weighted by Gasteiger charge is 2.22. The number of aromatic amines is 1. The molecule has 33 heavy (non-hydrogen) atoms. The Kier molecular flexibility index (Phi) is 5.98. The molecule has 0 fully saturated rings. The van der Waals surface area contributed by atoms with Crippen molar-refractivity contribution in [3.8, 4) is 11.5 Å². The Bertz CT molecular complexity index is 1470. The molecule has 10 nitrogen and oxygen atoms in total. The maximum atomic E-state index is 12.6. The van der Waals surface area contributed by atoms with Crippen molar-refractivity contribution in [1.29, 1.82) is 0 Å². The van der Waals surface area contributed by atoms with Gasteiger partial charge in [0, 0.05) is 11.6 Å². The van der Waals surface area contributed by atoms with Crippen LogP contribution in [-0.4, -0.2) is 27.9 Å². The van der Waals surface area contributed by atoms with Gasteiger partial charge in [-0.2, -0.15) is 5.10 Å². The third-order valence-corrected chi connectivity index (χ3v) is 4.81. The van der Waals surface area contributed by atoms with Gasteiger partial charge in [-0.05, 0) is 23.8 Å². The minimum atomic E-state index is -0.737. The molecule has 0 unspecified atom stereocenters. The SMILES string of the molecule is COc1cc(C=Nn2c(=O)[nH]c3ccccc3c2=O)cc([N+](=O)[O-])c1OCc1ccccc1. The molecule has 0 aliphatic carbocycles. The summed E-state index contributed by atoms with van der Waals surface area (Å²) in [7, 11) is 1.36. The van der Waals surface area contributed by atoms with Gasteiger partial charge in [-0.15, -0.1) is 4.68 Å². The van der Waals surface area contributed by atoms with Crippen LogP contribution in [0.2, 0.25) is 0 Å². The largest absolute Gasteiger partial charge is 0.493 e. The Morgan fingerprint density at radius 1 is 1.09 bits per heavy atom. The highest BCUT2D eigenvalue weighted by atomic mass is 16.6. The van der Waals surface area contributed by atoms with Crippen LogP contribution < -0.4 is 20.7 Å². The zero-order valence-corrected chi connectivity index (χ0v) is 17.4. The van der Waals surface area contributed by atoms with Crippen LogP contribution in [0.15, 0.2) is 81.4 Å². The van der Waals surface area contributed by atoms with E-state index in [9.17, 15) is 19.7 Å². The van der Waals surface area contributed by atoms with Crippen LogP contribution in [0, 0.1) is 10.1 Å². The number of methoxy groups -OCH3 is 1. The first-order valence-electron chi connectivity index (χ1n) is 9.79. The zero-order valence-electron chi connectivity index (χ0n) is 17.4. The molecular formula is C23H18N4O6. The van der Waals surface area contributed by atoms with Crippen molar-refractivity contribution < 1.29 is 14.4 Å². The molecule has 1 heterocycles. The monoisotopic (exact) mass is 446 g/mol. The van der Waals surface area contributed by atoms with Crippen molar-refractivity contribution in [3.63, 3.8) is 0 Å². The van der Waals surface area contributed by atoms with E-state index in [4.69, 9.17) is 9.47 Å². The van der Waals surface area contributed by atoms with Crippen molar-refractivity contribution in [2.24, 2.45) is 5.10 Å². The van der Waals surface area contributed by atoms with Crippen LogP contribution in [0.1, 0.15) is 11.1 Å². The molecule has 0 atom stereocenters. The van der Waals surface area contributed by atoms with Crippen LogP contribution in [0.4, 0.5) is 5.69 Å². The molecule has 0 aliphatic heterocycles. The van der Waals surface area contributed by atoms with Crippen molar-refractivity contribution in [3.05, 3.63) is 109 Å². The molecule has 3 aromatic carbocycles. The van der Waals surface area contributed by atoms with Gasteiger partial charge in [-0.25, -0.2) is 4.79 Å². The number of rotatable bonds is 7. The predicted octanol–water partition coefficient (Wildman–Crippen LogP) is 3.07. The molecule has 0 bridgehead atoms. The molecular weight excluding hydrogens is 428 g/mol. The number of aromatic nitrogens is 2. The average molecular weight is 446 g/mol. The number of nitro groups is 1. The van der Waals surface area contributed by atoms with Gasteiger partial charge in [0.1, 0.15) is 6.61 Å². The van der Waals surface area contributed by atoms with E-state index >= 15 is 0 Å². The zero-order chi connectivity index (χ0) is 23.4. The maximum absolute atomic E-state index is 12.6. The second-order valence-corrected chi connectivity index (χ2v) is 6.94. The van der Waals surface area contributed by atoms with E-state index in [1.807, 2.05) is 30.3 Å². The summed E-state index contributed by atoms with van der Waals surface area (Å²) in [5, 5.41) is 15.9. The number of ether oxygens (including phenoxy) is 2. The number of hydrogen-bond donors (Lipinski definition) is 1. The van der Waals surface area contributed by atoms with Gasteiger partial charge in [0.05, 0.1) is 29.2 Å². The number of H-pyrrole nitrogens is 1. The number of fused-ring (bicyclic) bond motifs is 1. The lowest BCUT2D eigenvalue weighted by atomic mass is 10.1. The molecule has 4 aromatic rings. The first-order valence-corrected chi connectivity index (χ1v) is 9.79. The summed E-state index contributed by atoms with van der Waals surface area (Å²) < 4.78 is 11.6. The number of para-hydroxylation sites is 1. The fourth-order valence-electron chi connectivity index (χ4n) is 3.23. The summed E-state index contributed by atoms with van der Waals surface area (Å²) in [6.07, 6.45) is 1.17. The lowest BCUT2D eigenvalue weighted by Crippen LogP contribution is -2.32. The van der Waals surface area contributed by atoms with Gasteiger partial charge < -0.3 is 14.5 Å². The number of nitrogens with zero attached hydrogens (tertiary/aromatic N) is 3. The first-order chi connectivity index (χ1) is 16.0. The molecule has 10 heteroatoms. The first kappa shape index (κ1) is 21.5. The Morgan fingerprint density at radius 2 is 1.82 bits per heavy atom. The van der Waals surface area contributed by atoms with E-state index in [0.29, 0.717) is 10.2 Å². The van der Waals surface area contributed by atoms with E-state index in [1.165, 1.54) is 25.5 Å². The summed E-state index contributed by atoms with van der Waals surface area (Å²) in [6.45, 7) is 0.104. The Balaban J connectivity index is 1.72. The lowest BCUT2D eigenvalue weighted by Gasteiger charge is -2.12. The minimum absolute atomic E-state index is 0.0378. The highest BCUT2D eigenvalue weighted by Crippen LogP contribution is 2.38. The van der Waals surface area contributed by atoms with Crippen LogP contribution in [-0.2, 0) is 6.61 Å². The van der Waals surface area contributed by atoms with E-state index in [-0.39, 0.29) is 34.7 Å². The fourth-order valence-corrected chi connectivity index (χ4v) is 3.23. The van der Waals surface area contributed by atoms with Crippen LogP contribution >= 0.6 is 0 Å².